The number of rotatable bonds is 1. The molecule has 0 N–H and O–H groups in total. The molecule has 18 heavy (non-hydrogen) atoms. The van der Waals surface area contributed by atoms with Gasteiger partial charge in [-0.3, -0.25) is 0 Å². The molecule has 1 atom stereocenters. The predicted octanol–water partition coefficient (Wildman–Crippen LogP) is 2.98. The van der Waals surface area contributed by atoms with Gasteiger partial charge in [-0.15, -0.1) is 11.8 Å². The van der Waals surface area contributed by atoms with Crippen LogP contribution in [0.5, 0.6) is 0 Å². The van der Waals surface area contributed by atoms with Crippen molar-refractivity contribution in [2.45, 2.75) is 19.4 Å². The molecule has 0 aromatic carbocycles. The van der Waals surface area contributed by atoms with Gasteiger partial charge in [-0.25, -0.2) is 9.75 Å². The zero-order valence-electron chi connectivity index (χ0n) is 10.6. The molecule has 1 aromatic rings. The van der Waals surface area contributed by atoms with E-state index in [0.29, 0.717) is 0 Å². The van der Waals surface area contributed by atoms with Crippen LogP contribution < -0.4 is 4.67 Å². The standard InChI is InChI=1S/C10H15N4PS3/c1-13-9-8(14-6-4-5-7(14)11-9)10(17-2)12-15(13,16)18-3/h4-6H2,1-3H3/t15-/m0/s1. The molecule has 0 bridgehead atoms. The maximum absolute atomic E-state index is 5.75. The fraction of sp³-hybridized carbons (Fsp3) is 0.600. The second kappa shape index (κ2) is 4.54. The van der Waals surface area contributed by atoms with E-state index in [1.54, 1.807) is 23.1 Å². The van der Waals surface area contributed by atoms with Crippen LogP contribution in [0.4, 0.5) is 5.82 Å². The van der Waals surface area contributed by atoms with Crippen LogP contribution in [0.1, 0.15) is 17.9 Å². The highest BCUT2D eigenvalue weighted by atomic mass is 32.9. The first-order chi connectivity index (χ1) is 8.60. The molecule has 8 heteroatoms. The minimum atomic E-state index is -1.91. The number of aryl methyl sites for hydroxylation is 1. The number of anilines is 1. The average Bonchev–Trinajstić information content (AvgIpc) is 2.94. The molecule has 2 aliphatic heterocycles. The Bertz CT molecular complexity index is 580. The third-order valence-corrected chi connectivity index (χ3v) is 10.8. The van der Waals surface area contributed by atoms with Crippen molar-refractivity contribution in [3.63, 3.8) is 0 Å². The van der Waals surface area contributed by atoms with E-state index in [2.05, 4.69) is 15.5 Å². The van der Waals surface area contributed by atoms with Gasteiger partial charge in [-0.1, -0.05) is 11.4 Å². The lowest BCUT2D eigenvalue weighted by atomic mass is 10.3. The van der Waals surface area contributed by atoms with Crippen molar-refractivity contribution in [1.82, 2.24) is 9.55 Å². The lowest BCUT2D eigenvalue weighted by Gasteiger charge is -2.32. The smallest absolute Gasteiger partial charge is 0.200 e. The Kier molecular flexibility index (Phi) is 3.29. The van der Waals surface area contributed by atoms with E-state index in [1.165, 1.54) is 17.9 Å². The summed E-state index contributed by atoms with van der Waals surface area (Å²) in [6.07, 6.45) is 6.39. The SMILES string of the molecule is CSC1=N[P@](=S)(SC)N(C)c2nc3n(c21)CCC3. The summed E-state index contributed by atoms with van der Waals surface area (Å²) in [5.41, 5.74) is -0.722. The van der Waals surface area contributed by atoms with Crippen LogP contribution in [0.25, 0.3) is 0 Å². The lowest BCUT2D eigenvalue weighted by molar-refractivity contribution is 0.745. The summed E-state index contributed by atoms with van der Waals surface area (Å²) in [7, 11) is 2.04. The van der Waals surface area contributed by atoms with Crippen molar-refractivity contribution < 1.29 is 0 Å². The normalized spacial score (nSPS) is 25.9. The molecule has 2 aliphatic rings. The molecule has 0 aliphatic carbocycles. The Morgan fingerprint density at radius 1 is 1.39 bits per heavy atom. The quantitative estimate of drug-likeness (QED) is 0.744. The zero-order chi connectivity index (χ0) is 12.9. The Balaban J connectivity index is 2.23. The summed E-state index contributed by atoms with van der Waals surface area (Å²) in [5, 5.41) is 1.07. The molecule has 0 unspecified atom stereocenters. The molecule has 98 valence electrons. The van der Waals surface area contributed by atoms with Crippen LogP contribution in [0.3, 0.4) is 0 Å². The van der Waals surface area contributed by atoms with Crippen molar-refractivity contribution in [2.75, 3.05) is 24.2 Å². The summed E-state index contributed by atoms with van der Waals surface area (Å²) in [5.74, 6) is 2.24. The van der Waals surface area contributed by atoms with Crippen LogP contribution in [0, 0.1) is 0 Å². The van der Waals surface area contributed by atoms with Crippen molar-refractivity contribution in [2.24, 2.45) is 4.76 Å². The molecule has 0 saturated heterocycles. The topological polar surface area (TPSA) is 33.4 Å². The number of fused-ring (bicyclic) bond motifs is 3. The molecule has 0 saturated carbocycles. The van der Waals surface area contributed by atoms with Crippen LogP contribution in [0.2, 0.25) is 0 Å². The molecule has 0 spiro atoms. The maximum atomic E-state index is 5.75. The molecular weight excluding hydrogens is 303 g/mol. The van der Waals surface area contributed by atoms with E-state index in [9.17, 15) is 0 Å². The van der Waals surface area contributed by atoms with Crippen molar-refractivity contribution in [3.05, 3.63) is 11.5 Å². The fourth-order valence-corrected chi connectivity index (χ4v) is 6.88. The van der Waals surface area contributed by atoms with Gasteiger partial charge in [0.1, 0.15) is 16.6 Å². The number of nitrogens with zero attached hydrogens (tertiary/aromatic N) is 4. The molecular formula is C10H15N4PS3. The summed E-state index contributed by atoms with van der Waals surface area (Å²) in [6, 6.07) is 0. The average molecular weight is 318 g/mol. The number of imidazole rings is 1. The van der Waals surface area contributed by atoms with Gasteiger partial charge in [0.15, 0.2) is 11.4 Å². The monoisotopic (exact) mass is 318 g/mol. The van der Waals surface area contributed by atoms with E-state index in [0.717, 1.165) is 23.8 Å². The van der Waals surface area contributed by atoms with Crippen molar-refractivity contribution in [1.29, 1.82) is 0 Å². The molecule has 4 nitrogen and oxygen atoms in total. The van der Waals surface area contributed by atoms with Gasteiger partial charge < -0.3 is 9.24 Å². The maximum Gasteiger partial charge on any atom is 0.200 e. The predicted molar refractivity (Wildman–Crippen MR) is 86.8 cm³/mol. The molecule has 3 heterocycles. The third kappa shape index (κ3) is 1.71. The van der Waals surface area contributed by atoms with Crippen LogP contribution >= 0.6 is 28.7 Å². The first-order valence-corrected chi connectivity index (χ1v) is 11.5. The van der Waals surface area contributed by atoms with Gasteiger partial charge in [0, 0.05) is 20.0 Å². The summed E-state index contributed by atoms with van der Waals surface area (Å²) < 4.78 is 9.31. The van der Waals surface area contributed by atoms with Crippen molar-refractivity contribution in [3.8, 4) is 0 Å². The molecule has 1 aromatic heterocycles. The third-order valence-electron chi connectivity index (χ3n) is 3.35. The first kappa shape index (κ1) is 13.0. The minimum absolute atomic E-state index is 1.04. The highest BCUT2D eigenvalue weighted by Crippen LogP contribution is 2.65. The van der Waals surface area contributed by atoms with Gasteiger partial charge in [0.05, 0.1) is 0 Å². The Hall–Kier alpha value is 0.0300. The van der Waals surface area contributed by atoms with Crippen LogP contribution in [0.15, 0.2) is 4.76 Å². The number of hydrogen-bond donors (Lipinski definition) is 0. The fourth-order valence-electron chi connectivity index (χ4n) is 2.40. The highest BCUT2D eigenvalue weighted by molar-refractivity contribution is 8.70. The summed E-state index contributed by atoms with van der Waals surface area (Å²) in [4.78, 5) is 4.80. The molecule has 3 rings (SSSR count). The molecule has 0 radical (unpaired) electrons. The zero-order valence-corrected chi connectivity index (χ0v) is 13.9. The second-order valence-corrected chi connectivity index (χ2v) is 12.0. The van der Waals surface area contributed by atoms with E-state index in [1.807, 2.05) is 13.3 Å². The van der Waals surface area contributed by atoms with Crippen LogP contribution in [-0.2, 0) is 24.8 Å². The van der Waals surface area contributed by atoms with Gasteiger partial charge in [-0.05, 0) is 30.7 Å². The minimum Gasteiger partial charge on any atom is -0.324 e. The van der Waals surface area contributed by atoms with Gasteiger partial charge in [-0.2, -0.15) is 0 Å². The first-order valence-electron chi connectivity index (χ1n) is 5.74. The number of thioether (sulfide) groups is 1. The number of hydrogen-bond acceptors (Lipinski definition) is 4. The van der Waals surface area contributed by atoms with E-state index in [4.69, 9.17) is 21.6 Å². The van der Waals surface area contributed by atoms with Crippen molar-refractivity contribution >= 4 is 51.4 Å². The summed E-state index contributed by atoms with van der Waals surface area (Å²) in [6.45, 7) is 1.06. The largest absolute Gasteiger partial charge is 0.324 e. The second-order valence-electron chi connectivity index (χ2n) is 4.26. The van der Waals surface area contributed by atoms with E-state index < -0.39 is 5.54 Å². The lowest BCUT2D eigenvalue weighted by Crippen LogP contribution is -2.20. The van der Waals surface area contributed by atoms with E-state index in [-0.39, 0.29) is 0 Å². The van der Waals surface area contributed by atoms with E-state index >= 15 is 0 Å². The Labute approximate surface area is 120 Å². The van der Waals surface area contributed by atoms with Gasteiger partial charge >= 0.3 is 0 Å². The Morgan fingerprint density at radius 3 is 2.83 bits per heavy atom. The molecule has 0 amide bonds. The number of aromatic nitrogens is 2. The van der Waals surface area contributed by atoms with Gasteiger partial charge in [0.25, 0.3) is 0 Å². The van der Waals surface area contributed by atoms with Gasteiger partial charge in [0.2, 0.25) is 0 Å². The Morgan fingerprint density at radius 2 is 2.17 bits per heavy atom. The van der Waals surface area contributed by atoms with Crippen LogP contribution in [-0.4, -0.2) is 34.2 Å². The highest BCUT2D eigenvalue weighted by Gasteiger charge is 2.36. The summed E-state index contributed by atoms with van der Waals surface area (Å²) >= 11 is 9.12. The molecule has 0 fully saturated rings.